The number of carbonyl (C=O) groups excluding carboxylic acids is 1. The molecule has 1 saturated heterocycles. The first-order valence-electron chi connectivity index (χ1n) is 15.6. The standard InChI is InChI=1S/C32H44N6O4/c1-23-3-4-24(19-23)7-15-40-17-18-41-16-8-30(39)38-13-11-37(12-14-38)29-21-28(33-22-34-29)31-26-20-25(42-32(2)9-10-32)5-6-27(26)35-36-31/h5-6,20-24H,3-4,7-19H2,1-2H3,(H,35,36)/t23-,24?/m0/s1. The second-order valence-electron chi connectivity index (χ2n) is 12.5. The fourth-order valence-corrected chi connectivity index (χ4v) is 6.13. The van der Waals surface area contributed by atoms with E-state index in [2.05, 4.69) is 38.9 Å². The molecule has 1 aliphatic heterocycles. The normalized spacial score (nSPS) is 21.7. The molecule has 6 rings (SSSR count). The van der Waals surface area contributed by atoms with E-state index in [1.54, 1.807) is 6.33 Å². The van der Waals surface area contributed by atoms with Crippen molar-refractivity contribution in [2.24, 2.45) is 11.8 Å². The lowest BCUT2D eigenvalue weighted by Crippen LogP contribution is -2.49. The number of fused-ring (bicyclic) bond motifs is 1. The molecule has 1 N–H and O–H groups in total. The molecule has 0 radical (unpaired) electrons. The molecule has 10 heteroatoms. The van der Waals surface area contributed by atoms with Crippen LogP contribution in [0, 0.1) is 11.8 Å². The van der Waals surface area contributed by atoms with Crippen LogP contribution in [-0.2, 0) is 14.3 Å². The lowest BCUT2D eigenvalue weighted by atomic mass is 10.0. The fraction of sp³-hybridized carbons (Fsp3) is 0.625. The fourth-order valence-electron chi connectivity index (χ4n) is 6.13. The molecule has 1 amide bonds. The predicted octanol–water partition coefficient (Wildman–Crippen LogP) is 4.85. The van der Waals surface area contributed by atoms with Crippen LogP contribution in [0.15, 0.2) is 30.6 Å². The molecule has 3 heterocycles. The summed E-state index contributed by atoms with van der Waals surface area (Å²) in [5.74, 6) is 3.53. The van der Waals surface area contributed by atoms with Crippen molar-refractivity contribution in [2.45, 2.75) is 64.4 Å². The van der Waals surface area contributed by atoms with E-state index in [-0.39, 0.29) is 11.5 Å². The number of anilines is 1. The highest BCUT2D eigenvalue weighted by molar-refractivity contribution is 5.93. The first-order valence-corrected chi connectivity index (χ1v) is 15.6. The largest absolute Gasteiger partial charge is 0.488 e. The zero-order chi connectivity index (χ0) is 28.9. The molecule has 2 saturated carbocycles. The summed E-state index contributed by atoms with van der Waals surface area (Å²) in [4.78, 5) is 25.9. The molecular formula is C32H44N6O4. The second-order valence-corrected chi connectivity index (χ2v) is 12.5. The SMILES string of the molecule is C[C@H]1CCC(CCOCCOCCC(=O)N2CCN(c3cc(-c4n[nH]c5ccc(OC6(C)CC6)cc45)ncn3)CC2)C1. The summed E-state index contributed by atoms with van der Waals surface area (Å²) in [7, 11) is 0. The Labute approximate surface area is 248 Å². The first kappa shape index (κ1) is 28.9. The van der Waals surface area contributed by atoms with Crippen LogP contribution in [-0.4, -0.2) is 89.2 Å². The van der Waals surface area contributed by atoms with Gasteiger partial charge in [-0.15, -0.1) is 0 Å². The van der Waals surface area contributed by atoms with Gasteiger partial charge < -0.3 is 24.0 Å². The van der Waals surface area contributed by atoms with Gasteiger partial charge in [-0.05, 0) is 62.6 Å². The van der Waals surface area contributed by atoms with Crippen LogP contribution in [0.2, 0.25) is 0 Å². The minimum atomic E-state index is -0.0435. The number of hydrogen-bond donors (Lipinski definition) is 1. The maximum Gasteiger partial charge on any atom is 0.225 e. The van der Waals surface area contributed by atoms with Gasteiger partial charge in [-0.1, -0.05) is 19.8 Å². The van der Waals surface area contributed by atoms with Crippen molar-refractivity contribution in [1.82, 2.24) is 25.1 Å². The number of ether oxygens (including phenoxy) is 3. The predicted molar refractivity (Wildman–Crippen MR) is 162 cm³/mol. The summed E-state index contributed by atoms with van der Waals surface area (Å²) in [5.41, 5.74) is 2.44. The molecule has 1 aromatic carbocycles. The Bertz CT molecular complexity index is 1350. The molecule has 226 valence electrons. The molecule has 1 unspecified atom stereocenters. The number of aromatic nitrogens is 4. The van der Waals surface area contributed by atoms with Crippen molar-refractivity contribution in [3.8, 4) is 17.1 Å². The maximum absolute atomic E-state index is 12.8. The van der Waals surface area contributed by atoms with E-state index in [4.69, 9.17) is 14.2 Å². The van der Waals surface area contributed by atoms with E-state index >= 15 is 0 Å². The third-order valence-electron chi connectivity index (χ3n) is 9.01. The van der Waals surface area contributed by atoms with Crippen LogP contribution in [0.1, 0.15) is 58.8 Å². The summed E-state index contributed by atoms with van der Waals surface area (Å²) in [6, 6.07) is 8.01. The molecule has 42 heavy (non-hydrogen) atoms. The van der Waals surface area contributed by atoms with E-state index in [9.17, 15) is 4.79 Å². The van der Waals surface area contributed by atoms with Gasteiger partial charge >= 0.3 is 0 Å². The molecule has 0 bridgehead atoms. The first-order chi connectivity index (χ1) is 20.5. The number of hydrogen-bond acceptors (Lipinski definition) is 8. The van der Waals surface area contributed by atoms with Gasteiger partial charge in [-0.25, -0.2) is 9.97 Å². The zero-order valence-corrected chi connectivity index (χ0v) is 25.0. The highest BCUT2D eigenvalue weighted by Crippen LogP contribution is 2.40. The number of nitrogens with one attached hydrogen (secondary N) is 1. The van der Waals surface area contributed by atoms with E-state index in [0.29, 0.717) is 52.4 Å². The number of H-pyrrole nitrogens is 1. The smallest absolute Gasteiger partial charge is 0.225 e. The molecule has 2 aliphatic carbocycles. The maximum atomic E-state index is 12.8. The van der Waals surface area contributed by atoms with E-state index in [0.717, 1.165) is 71.6 Å². The summed E-state index contributed by atoms with van der Waals surface area (Å²) < 4.78 is 17.6. The van der Waals surface area contributed by atoms with E-state index < -0.39 is 0 Å². The Balaban J connectivity index is 0.933. The van der Waals surface area contributed by atoms with Crippen molar-refractivity contribution in [1.29, 1.82) is 0 Å². The minimum absolute atomic E-state index is 0.0435. The zero-order valence-electron chi connectivity index (χ0n) is 25.0. The van der Waals surface area contributed by atoms with Gasteiger partial charge in [0.15, 0.2) is 0 Å². The van der Waals surface area contributed by atoms with Crippen LogP contribution >= 0.6 is 0 Å². The van der Waals surface area contributed by atoms with Crippen LogP contribution in [0.3, 0.4) is 0 Å². The van der Waals surface area contributed by atoms with Crippen molar-refractivity contribution < 1.29 is 19.0 Å². The number of aromatic amines is 1. The van der Waals surface area contributed by atoms with Crippen molar-refractivity contribution >= 4 is 22.6 Å². The third kappa shape index (κ3) is 7.21. The lowest BCUT2D eigenvalue weighted by molar-refractivity contribution is -0.132. The number of amides is 1. The summed E-state index contributed by atoms with van der Waals surface area (Å²) in [6.45, 7) is 9.61. The Hall–Kier alpha value is -3.24. The lowest BCUT2D eigenvalue weighted by Gasteiger charge is -2.35. The molecule has 0 spiro atoms. The number of carbonyl (C=O) groups is 1. The molecule has 3 aliphatic rings. The highest BCUT2D eigenvalue weighted by Gasteiger charge is 2.40. The van der Waals surface area contributed by atoms with E-state index in [1.807, 2.05) is 29.2 Å². The molecule has 10 nitrogen and oxygen atoms in total. The monoisotopic (exact) mass is 576 g/mol. The van der Waals surface area contributed by atoms with Gasteiger partial charge in [0.05, 0.1) is 37.5 Å². The average molecular weight is 577 g/mol. The van der Waals surface area contributed by atoms with Gasteiger partial charge in [0.1, 0.15) is 29.2 Å². The average Bonchev–Trinajstić information content (AvgIpc) is 3.36. The van der Waals surface area contributed by atoms with Crippen LogP contribution in [0.5, 0.6) is 5.75 Å². The topological polar surface area (TPSA) is 106 Å². The third-order valence-corrected chi connectivity index (χ3v) is 9.01. The number of rotatable bonds is 13. The quantitative estimate of drug-likeness (QED) is 0.288. The van der Waals surface area contributed by atoms with Crippen LogP contribution in [0.4, 0.5) is 5.82 Å². The molecule has 3 aromatic rings. The Morgan fingerprint density at radius 3 is 2.60 bits per heavy atom. The molecule has 2 atom stereocenters. The minimum Gasteiger partial charge on any atom is -0.488 e. The van der Waals surface area contributed by atoms with E-state index in [1.165, 1.54) is 19.3 Å². The second kappa shape index (κ2) is 13.0. The van der Waals surface area contributed by atoms with Gasteiger partial charge in [0, 0.05) is 44.2 Å². The molecular weight excluding hydrogens is 532 g/mol. The number of benzene rings is 1. The van der Waals surface area contributed by atoms with Gasteiger partial charge in [-0.3, -0.25) is 9.89 Å². The van der Waals surface area contributed by atoms with Crippen LogP contribution < -0.4 is 9.64 Å². The summed E-state index contributed by atoms with van der Waals surface area (Å²) in [5, 5.41) is 8.64. The van der Waals surface area contributed by atoms with Gasteiger partial charge in [0.25, 0.3) is 0 Å². The molecule has 3 fully saturated rings. The van der Waals surface area contributed by atoms with Crippen molar-refractivity contribution in [3.63, 3.8) is 0 Å². The summed E-state index contributed by atoms with van der Waals surface area (Å²) >= 11 is 0. The number of piperazine rings is 1. The Morgan fingerprint density at radius 2 is 1.83 bits per heavy atom. The van der Waals surface area contributed by atoms with Crippen LogP contribution in [0.25, 0.3) is 22.3 Å². The molecule has 2 aromatic heterocycles. The van der Waals surface area contributed by atoms with Gasteiger partial charge in [-0.2, -0.15) is 5.10 Å². The Morgan fingerprint density at radius 1 is 1.02 bits per heavy atom. The van der Waals surface area contributed by atoms with Crippen molar-refractivity contribution in [3.05, 3.63) is 30.6 Å². The number of nitrogens with zero attached hydrogens (tertiary/aromatic N) is 5. The Kier molecular flexibility index (Phi) is 8.90. The van der Waals surface area contributed by atoms with Crippen molar-refractivity contribution in [2.75, 3.05) is 57.5 Å². The highest BCUT2D eigenvalue weighted by atomic mass is 16.5. The summed E-state index contributed by atoms with van der Waals surface area (Å²) in [6.07, 6.45) is 9.35. The van der Waals surface area contributed by atoms with Gasteiger partial charge in [0.2, 0.25) is 5.91 Å².